The van der Waals surface area contributed by atoms with E-state index in [4.69, 9.17) is 9.47 Å². The summed E-state index contributed by atoms with van der Waals surface area (Å²) in [5, 5.41) is 0. The maximum Gasteiger partial charge on any atom is 0.416 e. The van der Waals surface area contributed by atoms with Gasteiger partial charge < -0.3 is 14.4 Å². The lowest BCUT2D eigenvalue weighted by Crippen LogP contribution is -2.54. The summed E-state index contributed by atoms with van der Waals surface area (Å²) >= 11 is 0. The maximum absolute atomic E-state index is 12.7. The summed E-state index contributed by atoms with van der Waals surface area (Å²) in [4.78, 5) is 28.1. The third kappa shape index (κ3) is 5.52. The normalized spacial score (nSPS) is 18.6. The number of halogens is 3. The smallest absolute Gasteiger partial charge is 0.416 e. The van der Waals surface area contributed by atoms with Crippen LogP contribution in [0.1, 0.15) is 46.3 Å². The van der Waals surface area contributed by atoms with Gasteiger partial charge in [0.15, 0.2) is 0 Å². The van der Waals surface area contributed by atoms with Gasteiger partial charge in [-0.1, -0.05) is 24.3 Å². The van der Waals surface area contributed by atoms with Crippen molar-refractivity contribution in [2.75, 3.05) is 26.7 Å². The van der Waals surface area contributed by atoms with E-state index in [-0.39, 0.29) is 6.09 Å². The van der Waals surface area contributed by atoms with Gasteiger partial charge in [-0.15, -0.1) is 0 Å². The molecule has 2 aromatic carbocycles. The van der Waals surface area contributed by atoms with Crippen LogP contribution < -0.4 is 0 Å². The monoisotopic (exact) mass is 476 g/mol. The van der Waals surface area contributed by atoms with Crippen LogP contribution in [0.25, 0.3) is 0 Å². The lowest BCUT2D eigenvalue weighted by atomic mass is 9.86. The first-order chi connectivity index (χ1) is 16.2. The topological polar surface area (TPSA) is 59.1 Å². The Kier molecular flexibility index (Phi) is 6.84. The molecule has 34 heavy (non-hydrogen) atoms. The fraction of sp³-hybridized carbons (Fsp3) is 0.440. The molecule has 182 valence electrons. The number of methoxy groups -OCH3 is 1. The number of esters is 1. The van der Waals surface area contributed by atoms with Crippen molar-refractivity contribution < 1.29 is 32.2 Å². The second-order valence-electron chi connectivity index (χ2n) is 8.88. The molecule has 0 unspecified atom stereocenters. The molecule has 4 rings (SSSR count). The van der Waals surface area contributed by atoms with Crippen LogP contribution in [-0.4, -0.2) is 54.2 Å². The molecule has 2 fully saturated rings. The van der Waals surface area contributed by atoms with Crippen molar-refractivity contribution in [1.82, 2.24) is 9.80 Å². The maximum atomic E-state index is 12.7. The van der Waals surface area contributed by atoms with Gasteiger partial charge in [0.1, 0.15) is 5.60 Å². The Morgan fingerprint density at radius 2 is 1.50 bits per heavy atom. The molecule has 9 heteroatoms. The number of ether oxygens (including phenoxy) is 2. The van der Waals surface area contributed by atoms with E-state index < -0.39 is 23.3 Å². The minimum atomic E-state index is -4.33. The molecule has 2 saturated heterocycles. The van der Waals surface area contributed by atoms with Crippen molar-refractivity contribution in [3.05, 3.63) is 70.8 Å². The van der Waals surface area contributed by atoms with E-state index in [1.165, 1.54) is 19.2 Å². The number of nitrogens with zero attached hydrogens (tertiary/aromatic N) is 2. The Balaban J connectivity index is 1.27. The van der Waals surface area contributed by atoms with Crippen LogP contribution in [0.4, 0.5) is 18.0 Å². The highest BCUT2D eigenvalue weighted by Crippen LogP contribution is 2.35. The highest BCUT2D eigenvalue weighted by atomic mass is 19.4. The SMILES string of the molecule is COC(=O)c1ccc(CN2CCC3(CCN(Cc4ccc(C(F)(F)F)cc4)CC3)OC2=O)cc1. The first kappa shape index (κ1) is 24.1. The summed E-state index contributed by atoms with van der Waals surface area (Å²) in [6.07, 6.45) is -2.56. The van der Waals surface area contributed by atoms with Crippen molar-refractivity contribution in [1.29, 1.82) is 0 Å². The van der Waals surface area contributed by atoms with Crippen molar-refractivity contribution in [3.63, 3.8) is 0 Å². The number of hydrogen-bond donors (Lipinski definition) is 0. The minimum Gasteiger partial charge on any atom is -0.465 e. The molecule has 1 amide bonds. The zero-order valence-corrected chi connectivity index (χ0v) is 18.9. The zero-order chi connectivity index (χ0) is 24.3. The fourth-order valence-corrected chi connectivity index (χ4v) is 4.49. The summed E-state index contributed by atoms with van der Waals surface area (Å²) in [6, 6.07) is 12.2. The van der Waals surface area contributed by atoms with Gasteiger partial charge in [0.05, 0.1) is 18.2 Å². The predicted molar refractivity (Wildman–Crippen MR) is 118 cm³/mol. The van der Waals surface area contributed by atoms with Gasteiger partial charge in [-0.05, 0) is 35.4 Å². The first-order valence-electron chi connectivity index (χ1n) is 11.2. The number of likely N-dealkylation sites (tertiary alicyclic amines) is 1. The quantitative estimate of drug-likeness (QED) is 0.577. The third-order valence-corrected chi connectivity index (χ3v) is 6.60. The van der Waals surface area contributed by atoms with Gasteiger partial charge in [-0.3, -0.25) is 4.90 Å². The lowest BCUT2D eigenvalue weighted by Gasteiger charge is -2.46. The number of piperidine rings is 1. The molecule has 2 heterocycles. The van der Waals surface area contributed by atoms with Crippen molar-refractivity contribution >= 4 is 12.1 Å². The average Bonchev–Trinajstić information content (AvgIpc) is 2.82. The van der Waals surface area contributed by atoms with Crippen LogP contribution >= 0.6 is 0 Å². The first-order valence-corrected chi connectivity index (χ1v) is 11.2. The van der Waals surface area contributed by atoms with E-state index in [2.05, 4.69) is 4.90 Å². The molecule has 1 spiro atoms. The summed E-state index contributed by atoms with van der Waals surface area (Å²) in [5.41, 5.74) is 1.04. The summed E-state index contributed by atoms with van der Waals surface area (Å²) in [6.45, 7) is 2.97. The van der Waals surface area contributed by atoms with E-state index >= 15 is 0 Å². The fourth-order valence-electron chi connectivity index (χ4n) is 4.49. The molecule has 0 N–H and O–H groups in total. The van der Waals surface area contributed by atoms with E-state index in [1.807, 2.05) is 0 Å². The number of carbonyl (C=O) groups is 2. The number of rotatable bonds is 5. The molecule has 0 atom stereocenters. The summed E-state index contributed by atoms with van der Waals surface area (Å²) in [7, 11) is 1.33. The Bertz CT molecular complexity index is 1010. The summed E-state index contributed by atoms with van der Waals surface area (Å²) in [5.74, 6) is -0.407. The average molecular weight is 476 g/mol. The van der Waals surface area contributed by atoms with Gasteiger partial charge in [0, 0.05) is 52.0 Å². The highest BCUT2D eigenvalue weighted by Gasteiger charge is 2.43. The molecule has 0 radical (unpaired) electrons. The second kappa shape index (κ2) is 9.66. The Morgan fingerprint density at radius 1 is 0.941 bits per heavy atom. The Labute approximate surface area is 196 Å². The zero-order valence-electron chi connectivity index (χ0n) is 18.9. The molecule has 0 saturated carbocycles. The predicted octanol–water partition coefficient (Wildman–Crippen LogP) is 4.87. The second-order valence-corrected chi connectivity index (χ2v) is 8.88. The Morgan fingerprint density at radius 3 is 2.06 bits per heavy atom. The van der Waals surface area contributed by atoms with Gasteiger partial charge in [-0.2, -0.15) is 13.2 Å². The molecule has 0 aromatic heterocycles. The van der Waals surface area contributed by atoms with E-state index in [0.29, 0.717) is 51.1 Å². The molecule has 2 aromatic rings. The molecular formula is C25H27F3N2O4. The molecule has 0 aliphatic carbocycles. The van der Waals surface area contributed by atoms with Crippen molar-refractivity contribution in [3.8, 4) is 0 Å². The van der Waals surface area contributed by atoms with E-state index in [9.17, 15) is 22.8 Å². The van der Waals surface area contributed by atoms with Crippen LogP contribution in [0.3, 0.4) is 0 Å². The lowest BCUT2D eigenvalue weighted by molar-refractivity contribution is -0.137. The minimum absolute atomic E-state index is 0.348. The van der Waals surface area contributed by atoms with Crippen molar-refractivity contribution in [2.45, 2.75) is 44.1 Å². The van der Waals surface area contributed by atoms with Gasteiger partial charge in [0.2, 0.25) is 0 Å². The number of amides is 1. The third-order valence-electron chi connectivity index (χ3n) is 6.60. The van der Waals surface area contributed by atoms with Crippen LogP contribution in [-0.2, 0) is 28.7 Å². The Hall–Kier alpha value is -3.07. The number of benzene rings is 2. The largest absolute Gasteiger partial charge is 0.465 e. The van der Waals surface area contributed by atoms with Gasteiger partial charge in [0.25, 0.3) is 0 Å². The van der Waals surface area contributed by atoms with Gasteiger partial charge >= 0.3 is 18.2 Å². The molecule has 6 nitrogen and oxygen atoms in total. The number of carbonyl (C=O) groups excluding carboxylic acids is 2. The standard InChI is InChI=1S/C25H27F3N2O4/c1-33-22(31)20-6-2-19(3-7-20)17-30-15-12-24(34-23(30)32)10-13-29(14-11-24)16-18-4-8-21(9-5-18)25(26,27)28/h2-9H,10-17H2,1H3. The van der Waals surface area contributed by atoms with Crippen LogP contribution in [0.2, 0.25) is 0 Å². The van der Waals surface area contributed by atoms with E-state index in [1.54, 1.807) is 29.2 Å². The highest BCUT2D eigenvalue weighted by molar-refractivity contribution is 5.89. The van der Waals surface area contributed by atoms with Crippen LogP contribution in [0.15, 0.2) is 48.5 Å². The van der Waals surface area contributed by atoms with Gasteiger partial charge in [-0.25, -0.2) is 9.59 Å². The molecule has 2 aliphatic heterocycles. The van der Waals surface area contributed by atoms with Crippen molar-refractivity contribution in [2.24, 2.45) is 0 Å². The van der Waals surface area contributed by atoms with E-state index in [0.717, 1.165) is 29.7 Å². The number of alkyl halides is 3. The molecule has 0 bridgehead atoms. The molecule has 2 aliphatic rings. The molecular weight excluding hydrogens is 449 g/mol. The van der Waals surface area contributed by atoms with Crippen LogP contribution in [0, 0.1) is 0 Å². The summed E-state index contributed by atoms with van der Waals surface area (Å²) < 4.78 is 48.8. The van der Waals surface area contributed by atoms with Crippen LogP contribution in [0.5, 0.6) is 0 Å². The number of hydrogen-bond acceptors (Lipinski definition) is 5.